The van der Waals surface area contributed by atoms with Crippen LogP contribution < -0.4 is 10.6 Å². The maximum atomic E-state index is 11.3. The van der Waals surface area contributed by atoms with E-state index in [1.165, 1.54) is 6.20 Å². The summed E-state index contributed by atoms with van der Waals surface area (Å²) in [6.45, 7) is 0. The molecule has 1 heterocycles. The van der Waals surface area contributed by atoms with Crippen molar-refractivity contribution in [1.29, 1.82) is 5.26 Å². The largest absolute Gasteiger partial charge is 0.360 e. The van der Waals surface area contributed by atoms with Crippen molar-refractivity contribution in [2.75, 3.05) is 12.4 Å². The second-order valence-corrected chi connectivity index (χ2v) is 4.10. The molecule has 8 heteroatoms. The SMILES string of the molecule is CNC(=O)Cc1ccc(NC=C(C#N)c2nn[nH]n2)cc1. The van der Waals surface area contributed by atoms with E-state index < -0.39 is 0 Å². The number of anilines is 1. The first-order chi connectivity index (χ1) is 10.2. The van der Waals surface area contributed by atoms with Gasteiger partial charge in [-0.25, -0.2) is 0 Å². The summed E-state index contributed by atoms with van der Waals surface area (Å²) < 4.78 is 0. The van der Waals surface area contributed by atoms with Gasteiger partial charge in [-0.15, -0.1) is 10.2 Å². The van der Waals surface area contributed by atoms with Crippen LogP contribution in [0.5, 0.6) is 0 Å². The Bertz CT molecular complexity index is 668. The van der Waals surface area contributed by atoms with E-state index >= 15 is 0 Å². The van der Waals surface area contributed by atoms with Crippen molar-refractivity contribution in [3.63, 3.8) is 0 Å². The Balaban J connectivity index is 2.03. The first-order valence-electron chi connectivity index (χ1n) is 6.13. The molecule has 0 atom stereocenters. The smallest absolute Gasteiger partial charge is 0.224 e. The van der Waals surface area contributed by atoms with Gasteiger partial charge in [0.25, 0.3) is 0 Å². The molecular formula is C13H13N7O. The molecule has 0 spiro atoms. The maximum absolute atomic E-state index is 11.3. The second-order valence-electron chi connectivity index (χ2n) is 4.10. The van der Waals surface area contributed by atoms with E-state index in [1.807, 2.05) is 30.3 Å². The number of tetrazole rings is 1. The van der Waals surface area contributed by atoms with Crippen LogP contribution in [0.3, 0.4) is 0 Å². The first-order valence-corrected chi connectivity index (χ1v) is 6.13. The Morgan fingerprint density at radius 1 is 1.43 bits per heavy atom. The lowest BCUT2D eigenvalue weighted by Gasteiger charge is -2.04. The van der Waals surface area contributed by atoms with Gasteiger partial charge in [0.15, 0.2) is 0 Å². The fourth-order valence-corrected chi connectivity index (χ4v) is 1.57. The number of aromatic nitrogens is 4. The number of H-pyrrole nitrogens is 1. The van der Waals surface area contributed by atoms with Crippen molar-refractivity contribution >= 4 is 17.2 Å². The van der Waals surface area contributed by atoms with Gasteiger partial charge in [-0.05, 0) is 22.9 Å². The van der Waals surface area contributed by atoms with Gasteiger partial charge in [0.1, 0.15) is 11.6 Å². The molecule has 2 aromatic rings. The van der Waals surface area contributed by atoms with Crippen LogP contribution in [0.4, 0.5) is 5.69 Å². The number of rotatable bonds is 5. The number of likely N-dealkylation sites (N-methyl/N-ethyl adjacent to an activating group) is 1. The van der Waals surface area contributed by atoms with Crippen molar-refractivity contribution in [2.45, 2.75) is 6.42 Å². The number of aromatic amines is 1. The minimum atomic E-state index is -0.0421. The summed E-state index contributed by atoms with van der Waals surface area (Å²) >= 11 is 0. The number of allylic oxidation sites excluding steroid dienone is 1. The number of carbonyl (C=O) groups is 1. The summed E-state index contributed by atoms with van der Waals surface area (Å²) in [6, 6.07) is 9.30. The molecule has 0 saturated heterocycles. The quantitative estimate of drug-likeness (QED) is 0.686. The third-order valence-electron chi connectivity index (χ3n) is 2.69. The molecule has 1 aromatic heterocycles. The minimum absolute atomic E-state index is 0.0421. The number of carbonyl (C=O) groups excluding carboxylic acids is 1. The van der Waals surface area contributed by atoms with Gasteiger partial charge >= 0.3 is 0 Å². The molecule has 0 saturated carbocycles. The Labute approximate surface area is 120 Å². The van der Waals surface area contributed by atoms with E-state index in [9.17, 15) is 4.79 Å². The van der Waals surface area contributed by atoms with Crippen LogP contribution >= 0.6 is 0 Å². The predicted octanol–water partition coefficient (Wildman–Crippen LogP) is 0.465. The van der Waals surface area contributed by atoms with Crippen LogP contribution in [-0.2, 0) is 11.2 Å². The zero-order chi connectivity index (χ0) is 15.1. The standard InChI is InChI=1S/C13H13N7O/c1-15-12(21)6-9-2-4-11(5-3-9)16-8-10(7-14)13-17-19-20-18-13/h2-5,8,16H,6H2,1H3,(H,15,21)(H,17,18,19,20). The average molecular weight is 283 g/mol. The molecule has 0 bridgehead atoms. The highest BCUT2D eigenvalue weighted by molar-refractivity contribution is 5.78. The van der Waals surface area contributed by atoms with Gasteiger partial charge in [0.2, 0.25) is 11.7 Å². The van der Waals surface area contributed by atoms with E-state index in [0.29, 0.717) is 6.42 Å². The molecule has 0 aliphatic rings. The molecule has 2 rings (SSSR count). The Kier molecular flexibility index (Phi) is 4.61. The number of hydrogen-bond donors (Lipinski definition) is 3. The van der Waals surface area contributed by atoms with Gasteiger partial charge in [-0.3, -0.25) is 4.79 Å². The van der Waals surface area contributed by atoms with Gasteiger partial charge in [0, 0.05) is 18.9 Å². The summed E-state index contributed by atoms with van der Waals surface area (Å²) in [5, 5.41) is 27.7. The molecule has 1 amide bonds. The van der Waals surface area contributed by atoms with Crippen LogP contribution in [0, 0.1) is 11.3 Å². The number of hydrogen-bond acceptors (Lipinski definition) is 6. The van der Waals surface area contributed by atoms with E-state index in [-0.39, 0.29) is 17.3 Å². The van der Waals surface area contributed by atoms with Crippen molar-refractivity contribution in [3.8, 4) is 6.07 Å². The summed E-state index contributed by atoms with van der Waals surface area (Å²) in [4.78, 5) is 11.3. The molecule has 3 N–H and O–H groups in total. The molecule has 1 aromatic carbocycles. The summed E-state index contributed by atoms with van der Waals surface area (Å²) in [7, 11) is 1.60. The topological polar surface area (TPSA) is 119 Å². The molecule has 0 aliphatic carbocycles. The highest BCUT2D eigenvalue weighted by atomic mass is 16.1. The monoisotopic (exact) mass is 283 g/mol. The molecule has 106 valence electrons. The van der Waals surface area contributed by atoms with Crippen LogP contribution in [0.1, 0.15) is 11.4 Å². The molecule has 0 fully saturated rings. The molecule has 0 unspecified atom stereocenters. The normalized spacial score (nSPS) is 10.8. The fraction of sp³-hybridized carbons (Fsp3) is 0.154. The Hall–Kier alpha value is -3.21. The molecule has 21 heavy (non-hydrogen) atoms. The van der Waals surface area contributed by atoms with Crippen LogP contribution in [-0.4, -0.2) is 33.6 Å². The predicted molar refractivity (Wildman–Crippen MR) is 75.6 cm³/mol. The fourth-order valence-electron chi connectivity index (χ4n) is 1.57. The Morgan fingerprint density at radius 3 is 2.76 bits per heavy atom. The van der Waals surface area contributed by atoms with Crippen LogP contribution in [0.2, 0.25) is 0 Å². The number of amides is 1. The number of nitriles is 1. The second kappa shape index (κ2) is 6.81. The molecule has 0 aliphatic heterocycles. The summed E-state index contributed by atoms with van der Waals surface area (Å²) in [5.41, 5.74) is 1.95. The number of benzene rings is 1. The van der Waals surface area contributed by atoms with Crippen molar-refractivity contribution in [1.82, 2.24) is 25.9 Å². The van der Waals surface area contributed by atoms with Gasteiger partial charge in [0.05, 0.1) is 6.42 Å². The first kappa shape index (κ1) is 14.2. The summed E-state index contributed by atoms with van der Waals surface area (Å²) in [5.74, 6) is 0.181. The lowest BCUT2D eigenvalue weighted by Crippen LogP contribution is -2.19. The lowest BCUT2D eigenvalue weighted by molar-refractivity contribution is -0.119. The highest BCUT2D eigenvalue weighted by Gasteiger charge is 2.05. The highest BCUT2D eigenvalue weighted by Crippen LogP contribution is 2.12. The minimum Gasteiger partial charge on any atom is -0.360 e. The summed E-state index contributed by atoms with van der Waals surface area (Å²) in [6.07, 6.45) is 1.83. The van der Waals surface area contributed by atoms with Crippen LogP contribution in [0.25, 0.3) is 5.57 Å². The lowest BCUT2D eigenvalue weighted by atomic mass is 10.1. The Morgan fingerprint density at radius 2 is 2.19 bits per heavy atom. The average Bonchev–Trinajstić information content (AvgIpc) is 3.03. The van der Waals surface area contributed by atoms with E-state index in [1.54, 1.807) is 7.05 Å². The van der Waals surface area contributed by atoms with Crippen LogP contribution in [0.15, 0.2) is 30.5 Å². The van der Waals surface area contributed by atoms with E-state index in [4.69, 9.17) is 5.26 Å². The van der Waals surface area contributed by atoms with E-state index in [0.717, 1.165) is 11.3 Å². The molecule has 8 nitrogen and oxygen atoms in total. The maximum Gasteiger partial charge on any atom is 0.224 e. The van der Waals surface area contributed by atoms with Gasteiger partial charge < -0.3 is 10.6 Å². The third-order valence-corrected chi connectivity index (χ3v) is 2.69. The number of nitrogens with one attached hydrogen (secondary N) is 3. The van der Waals surface area contributed by atoms with Crippen molar-refractivity contribution < 1.29 is 4.79 Å². The number of nitrogens with zero attached hydrogens (tertiary/aromatic N) is 4. The third kappa shape index (κ3) is 3.87. The zero-order valence-corrected chi connectivity index (χ0v) is 11.3. The molecule has 0 radical (unpaired) electrons. The van der Waals surface area contributed by atoms with Gasteiger partial charge in [-0.2, -0.15) is 10.5 Å². The van der Waals surface area contributed by atoms with Crippen molar-refractivity contribution in [2.24, 2.45) is 0 Å². The van der Waals surface area contributed by atoms with Gasteiger partial charge in [-0.1, -0.05) is 12.1 Å². The van der Waals surface area contributed by atoms with Crippen molar-refractivity contribution in [3.05, 3.63) is 41.9 Å². The molecular weight excluding hydrogens is 270 g/mol. The zero-order valence-electron chi connectivity index (χ0n) is 11.3. The van der Waals surface area contributed by atoms with E-state index in [2.05, 4.69) is 31.3 Å².